The Morgan fingerprint density at radius 2 is 1.26 bits per heavy atom. The first-order valence-electron chi connectivity index (χ1n) is 7.64. The van der Waals surface area contributed by atoms with E-state index in [0.29, 0.717) is 0 Å². The average Bonchev–Trinajstić information content (AvgIpc) is 2.41. The third kappa shape index (κ3) is 15.6. The Hall–Kier alpha value is -0.360. The predicted molar refractivity (Wildman–Crippen MR) is 90.0 cm³/mol. The van der Waals surface area contributed by atoms with Gasteiger partial charge in [-0.1, -0.05) is 46.6 Å². The van der Waals surface area contributed by atoms with E-state index in [2.05, 4.69) is 34.0 Å². The number of carboxylic acids is 1. The van der Waals surface area contributed by atoms with Crippen LogP contribution in [0.4, 0.5) is 0 Å². The summed E-state index contributed by atoms with van der Waals surface area (Å²) in [4.78, 5) is 9.25. The van der Waals surface area contributed by atoms with Crippen LogP contribution in [0.5, 0.6) is 0 Å². The normalized spacial score (nSPS) is 10.5. The van der Waals surface area contributed by atoms with Gasteiger partial charge in [-0.15, -0.1) is 0 Å². The zero-order valence-corrected chi connectivity index (χ0v) is 14.3. The van der Waals surface area contributed by atoms with E-state index in [9.17, 15) is 4.79 Å². The molecule has 19 heavy (non-hydrogen) atoms. The van der Waals surface area contributed by atoms with Gasteiger partial charge < -0.3 is 5.11 Å². The van der Waals surface area contributed by atoms with Crippen molar-refractivity contribution in [2.45, 2.75) is 59.3 Å². The SMILES string of the molecule is C=CC(=O)O.CCCC[P+](C)(CCCC)CCCC. The van der Waals surface area contributed by atoms with Crippen molar-refractivity contribution in [2.75, 3.05) is 25.2 Å². The van der Waals surface area contributed by atoms with Gasteiger partial charge in [-0.2, -0.15) is 0 Å². The molecule has 114 valence electrons. The number of carboxylic acid groups (broad SMARTS) is 1. The lowest BCUT2D eigenvalue weighted by molar-refractivity contribution is -0.131. The lowest BCUT2D eigenvalue weighted by Crippen LogP contribution is -2.07. The second-order valence-electron chi connectivity index (χ2n) is 5.39. The largest absolute Gasteiger partial charge is 0.478 e. The van der Waals surface area contributed by atoms with Gasteiger partial charge in [0, 0.05) is 20.0 Å². The van der Waals surface area contributed by atoms with Gasteiger partial charge in [-0.3, -0.25) is 0 Å². The molecule has 0 radical (unpaired) electrons. The molecule has 0 aliphatic heterocycles. The Bertz CT molecular complexity index is 205. The lowest BCUT2D eigenvalue weighted by Gasteiger charge is -2.22. The average molecular weight is 289 g/mol. The van der Waals surface area contributed by atoms with Gasteiger partial charge in [0.05, 0.1) is 18.5 Å². The summed E-state index contributed by atoms with van der Waals surface area (Å²) in [5.74, 6) is -0.981. The minimum absolute atomic E-state index is 0.519. The molecule has 0 aromatic heterocycles. The van der Waals surface area contributed by atoms with Crippen LogP contribution in [0.3, 0.4) is 0 Å². The first kappa shape index (κ1) is 20.9. The van der Waals surface area contributed by atoms with Crippen LogP contribution in [-0.4, -0.2) is 36.2 Å². The first-order valence-corrected chi connectivity index (χ1v) is 10.4. The molecule has 0 saturated carbocycles. The fraction of sp³-hybridized carbons (Fsp3) is 0.812. The summed E-state index contributed by atoms with van der Waals surface area (Å²) < 4.78 is 0. The molecule has 0 unspecified atom stereocenters. The van der Waals surface area contributed by atoms with Crippen LogP contribution in [0, 0.1) is 0 Å². The standard InChI is InChI=1S/C13H30P.C3H4O2/c1-5-8-11-14(4,12-9-6-2)13-10-7-3;1-2-3(4)5/h5-13H2,1-4H3;2H,1H2,(H,4,5)/q+1;. The maximum atomic E-state index is 9.25. The van der Waals surface area contributed by atoms with Gasteiger partial charge >= 0.3 is 5.97 Å². The van der Waals surface area contributed by atoms with Crippen molar-refractivity contribution >= 4 is 13.2 Å². The molecular weight excluding hydrogens is 255 g/mol. The molecule has 0 rings (SSSR count). The molecule has 0 aliphatic carbocycles. The molecule has 0 heterocycles. The van der Waals surface area contributed by atoms with Gasteiger partial charge in [-0.05, 0) is 19.3 Å². The van der Waals surface area contributed by atoms with Crippen molar-refractivity contribution in [2.24, 2.45) is 0 Å². The van der Waals surface area contributed by atoms with Crippen LogP contribution in [0.25, 0.3) is 0 Å². The summed E-state index contributed by atoms with van der Waals surface area (Å²) in [7, 11) is -0.519. The second kappa shape index (κ2) is 14.1. The van der Waals surface area contributed by atoms with Crippen molar-refractivity contribution in [1.82, 2.24) is 0 Å². The first-order chi connectivity index (χ1) is 8.95. The molecule has 1 N–H and O–H groups in total. The highest BCUT2D eigenvalue weighted by Crippen LogP contribution is 2.57. The Labute approximate surface area is 121 Å². The van der Waals surface area contributed by atoms with Crippen LogP contribution >= 0.6 is 7.26 Å². The van der Waals surface area contributed by atoms with Crippen LogP contribution in [-0.2, 0) is 4.79 Å². The molecule has 0 spiro atoms. The van der Waals surface area contributed by atoms with Gasteiger partial charge in [-0.25, -0.2) is 4.79 Å². The van der Waals surface area contributed by atoms with Crippen LogP contribution in [0.2, 0.25) is 0 Å². The minimum Gasteiger partial charge on any atom is -0.478 e. The van der Waals surface area contributed by atoms with Gasteiger partial charge in [0.2, 0.25) is 0 Å². The molecule has 0 fully saturated rings. The van der Waals surface area contributed by atoms with Crippen LogP contribution < -0.4 is 0 Å². The number of hydrogen-bond acceptors (Lipinski definition) is 1. The van der Waals surface area contributed by atoms with E-state index in [1.54, 1.807) is 18.5 Å². The molecular formula is C16H34O2P+. The van der Waals surface area contributed by atoms with Gasteiger partial charge in [0.25, 0.3) is 0 Å². The molecule has 0 aromatic rings. The molecule has 0 atom stereocenters. The fourth-order valence-electron chi connectivity index (χ4n) is 1.95. The zero-order valence-electron chi connectivity index (χ0n) is 13.5. The van der Waals surface area contributed by atoms with Gasteiger partial charge in [0.1, 0.15) is 0 Å². The molecule has 3 heteroatoms. The van der Waals surface area contributed by atoms with Crippen LogP contribution in [0.15, 0.2) is 12.7 Å². The summed E-state index contributed by atoms with van der Waals surface area (Å²) in [6.07, 6.45) is 14.1. The number of carbonyl (C=O) groups is 1. The van der Waals surface area contributed by atoms with E-state index in [4.69, 9.17) is 5.11 Å². The van der Waals surface area contributed by atoms with Crippen molar-refractivity contribution < 1.29 is 9.90 Å². The predicted octanol–water partition coefficient (Wildman–Crippen LogP) is 5.29. The maximum Gasteiger partial charge on any atom is 0.327 e. The summed E-state index contributed by atoms with van der Waals surface area (Å²) in [6, 6.07) is 0. The Balaban J connectivity index is 0. The highest BCUT2D eigenvalue weighted by Gasteiger charge is 2.28. The number of hydrogen-bond donors (Lipinski definition) is 1. The molecule has 0 aliphatic rings. The highest BCUT2D eigenvalue weighted by molar-refractivity contribution is 7.75. The number of aliphatic carboxylic acids is 1. The monoisotopic (exact) mass is 289 g/mol. The molecule has 0 saturated heterocycles. The zero-order chi connectivity index (χ0) is 15.1. The summed E-state index contributed by atoms with van der Waals surface area (Å²) in [6.45, 7) is 12.5. The molecule has 2 nitrogen and oxygen atoms in total. The third-order valence-corrected chi connectivity index (χ3v) is 7.52. The fourth-order valence-corrected chi connectivity index (χ4v) is 5.86. The van der Waals surface area contributed by atoms with E-state index in [0.717, 1.165) is 6.08 Å². The van der Waals surface area contributed by atoms with E-state index < -0.39 is 13.2 Å². The highest BCUT2D eigenvalue weighted by atomic mass is 31.2. The van der Waals surface area contributed by atoms with E-state index in [-0.39, 0.29) is 0 Å². The van der Waals surface area contributed by atoms with E-state index in [1.807, 2.05) is 0 Å². The van der Waals surface area contributed by atoms with E-state index in [1.165, 1.54) is 38.5 Å². The summed E-state index contributed by atoms with van der Waals surface area (Å²) in [5.41, 5.74) is 0. The lowest BCUT2D eigenvalue weighted by atomic mass is 10.4. The second-order valence-corrected chi connectivity index (χ2v) is 9.97. The Morgan fingerprint density at radius 1 is 1.00 bits per heavy atom. The molecule has 0 amide bonds. The van der Waals surface area contributed by atoms with Gasteiger partial charge in [0.15, 0.2) is 0 Å². The van der Waals surface area contributed by atoms with Crippen molar-refractivity contribution in [3.63, 3.8) is 0 Å². The number of unbranched alkanes of at least 4 members (excludes halogenated alkanes) is 3. The third-order valence-electron chi connectivity index (χ3n) is 3.33. The molecule has 0 bridgehead atoms. The van der Waals surface area contributed by atoms with Crippen LogP contribution in [0.1, 0.15) is 59.3 Å². The summed E-state index contributed by atoms with van der Waals surface area (Å²) in [5, 5.41) is 7.60. The van der Waals surface area contributed by atoms with Crippen molar-refractivity contribution in [3.05, 3.63) is 12.7 Å². The Kier molecular flexibility index (Phi) is 15.5. The summed E-state index contributed by atoms with van der Waals surface area (Å²) >= 11 is 0. The number of rotatable bonds is 10. The quantitative estimate of drug-likeness (QED) is 0.438. The smallest absolute Gasteiger partial charge is 0.327 e. The van der Waals surface area contributed by atoms with Crippen molar-refractivity contribution in [3.8, 4) is 0 Å². The van der Waals surface area contributed by atoms with Crippen molar-refractivity contribution in [1.29, 1.82) is 0 Å². The minimum atomic E-state index is -0.981. The molecule has 0 aromatic carbocycles. The Morgan fingerprint density at radius 3 is 1.42 bits per heavy atom. The topological polar surface area (TPSA) is 37.3 Å². The maximum absolute atomic E-state index is 9.25. The van der Waals surface area contributed by atoms with E-state index >= 15 is 0 Å².